The van der Waals surface area contributed by atoms with Crippen LogP contribution in [0.2, 0.25) is 0 Å². The molecule has 90 valence electrons. The summed E-state index contributed by atoms with van der Waals surface area (Å²) in [5.41, 5.74) is 0. The lowest BCUT2D eigenvalue weighted by molar-refractivity contribution is -0.142. The predicted molar refractivity (Wildman–Crippen MR) is 62.9 cm³/mol. The Balaban J connectivity index is 2.65. The van der Waals surface area contributed by atoms with Gasteiger partial charge in [0, 0.05) is 6.08 Å². The van der Waals surface area contributed by atoms with E-state index in [-0.39, 0.29) is 12.1 Å². The minimum Gasteiger partial charge on any atom is -0.460 e. The molecular weight excluding hydrogens is 204 g/mol. The molecule has 1 aliphatic rings. The lowest BCUT2D eigenvalue weighted by atomic mass is 10.0. The van der Waals surface area contributed by atoms with Crippen LogP contribution in [0.3, 0.4) is 0 Å². The summed E-state index contributed by atoms with van der Waals surface area (Å²) in [5, 5.41) is 9.51. The zero-order valence-corrected chi connectivity index (χ0v) is 9.93. The van der Waals surface area contributed by atoms with E-state index in [1.807, 2.05) is 13.0 Å². The van der Waals surface area contributed by atoms with Gasteiger partial charge in [-0.05, 0) is 38.2 Å². The molecule has 0 saturated carbocycles. The number of hydrogen-bond acceptors (Lipinski definition) is 3. The maximum absolute atomic E-state index is 11.3. The molecule has 0 bridgehead atoms. The van der Waals surface area contributed by atoms with Gasteiger partial charge < -0.3 is 9.84 Å². The number of carbonyl (C=O) groups is 1. The minimum atomic E-state index is -0.704. The smallest absolute Gasteiger partial charge is 0.330 e. The molecule has 0 aromatic carbocycles. The van der Waals surface area contributed by atoms with Crippen LogP contribution >= 0.6 is 0 Å². The van der Waals surface area contributed by atoms with E-state index in [2.05, 4.69) is 6.92 Å². The van der Waals surface area contributed by atoms with Crippen LogP contribution in [0.1, 0.15) is 33.1 Å². The topological polar surface area (TPSA) is 46.5 Å². The van der Waals surface area contributed by atoms with Gasteiger partial charge in [-0.2, -0.15) is 0 Å². The van der Waals surface area contributed by atoms with Crippen molar-refractivity contribution in [1.29, 1.82) is 0 Å². The van der Waals surface area contributed by atoms with Gasteiger partial charge in [0.05, 0.1) is 12.2 Å². The number of allylic oxidation sites excluding steroid dienone is 1. The van der Waals surface area contributed by atoms with Crippen molar-refractivity contribution in [2.24, 2.45) is 5.92 Å². The Hall–Kier alpha value is -1.09. The molecule has 16 heavy (non-hydrogen) atoms. The van der Waals surface area contributed by atoms with E-state index in [1.54, 1.807) is 6.08 Å². The second kappa shape index (κ2) is 6.48. The summed E-state index contributed by atoms with van der Waals surface area (Å²) in [5.74, 6) is 0.0685. The van der Waals surface area contributed by atoms with Crippen LogP contribution in [-0.4, -0.2) is 23.3 Å². The fourth-order valence-corrected chi connectivity index (χ4v) is 1.66. The summed E-state index contributed by atoms with van der Waals surface area (Å²) in [6, 6.07) is 0. The lowest BCUT2D eigenvalue weighted by Crippen LogP contribution is -2.14. The SMILES string of the molecule is C[C@H]1/C=C\[C@H](O)/C=C/C(=O)O[C@@H](C)CCC1. The molecular formula is C13H20O3. The molecule has 0 unspecified atom stereocenters. The van der Waals surface area contributed by atoms with Gasteiger partial charge in [0.25, 0.3) is 0 Å². The largest absolute Gasteiger partial charge is 0.460 e. The molecule has 0 saturated heterocycles. The van der Waals surface area contributed by atoms with Crippen LogP contribution in [0.25, 0.3) is 0 Å². The number of aliphatic hydroxyl groups excluding tert-OH is 1. The molecule has 0 aromatic heterocycles. The van der Waals surface area contributed by atoms with Gasteiger partial charge in [-0.3, -0.25) is 0 Å². The molecule has 1 rings (SSSR count). The van der Waals surface area contributed by atoms with Crippen LogP contribution in [0.15, 0.2) is 24.3 Å². The summed E-state index contributed by atoms with van der Waals surface area (Å²) in [6.45, 7) is 4.02. The van der Waals surface area contributed by atoms with E-state index in [9.17, 15) is 9.90 Å². The van der Waals surface area contributed by atoms with Crippen molar-refractivity contribution in [2.75, 3.05) is 0 Å². The molecule has 1 heterocycles. The maximum atomic E-state index is 11.3. The van der Waals surface area contributed by atoms with Gasteiger partial charge in [-0.1, -0.05) is 19.1 Å². The molecule has 0 aromatic rings. The standard InChI is InChI=1S/C13H20O3/c1-10-4-3-5-11(2)16-13(15)9-8-12(14)7-6-10/h6-12,14H,3-5H2,1-2H3/b7-6-,9-8+/t10-,11+,12+/m1/s1. The second-order valence-electron chi connectivity index (χ2n) is 4.39. The molecule has 0 amide bonds. The van der Waals surface area contributed by atoms with Crippen molar-refractivity contribution in [2.45, 2.75) is 45.3 Å². The molecule has 0 fully saturated rings. The van der Waals surface area contributed by atoms with Crippen LogP contribution in [-0.2, 0) is 9.53 Å². The first kappa shape index (κ1) is 13.0. The fourth-order valence-electron chi connectivity index (χ4n) is 1.66. The average molecular weight is 224 g/mol. The minimum absolute atomic E-state index is 0.0510. The highest BCUT2D eigenvalue weighted by molar-refractivity contribution is 5.82. The third kappa shape index (κ3) is 5.12. The first-order valence-corrected chi connectivity index (χ1v) is 5.83. The Morgan fingerprint density at radius 3 is 2.75 bits per heavy atom. The monoisotopic (exact) mass is 224 g/mol. The zero-order chi connectivity index (χ0) is 12.0. The van der Waals surface area contributed by atoms with Crippen molar-refractivity contribution in [3.8, 4) is 0 Å². The van der Waals surface area contributed by atoms with Gasteiger partial charge in [0.2, 0.25) is 0 Å². The number of carbonyl (C=O) groups excluding carboxylic acids is 1. The number of hydrogen-bond donors (Lipinski definition) is 1. The van der Waals surface area contributed by atoms with E-state index < -0.39 is 6.10 Å². The molecule has 3 heteroatoms. The van der Waals surface area contributed by atoms with Gasteiger partial charge in [-0.15, -0.1) is 0 Å². The summed E-state index contributed by atoms with van der Waals surface area (Å²) < 4.78 is 5.15. The van der Waals surface area contributed by atoms with Crippen LogP contribution < -0.4 is 0 Å². The van der Waals surface area contributed by atoms with Crippen molar-refractivity contribution in [1.82, 2.24) is 0 Å². The van der Waals surface area contributed by atoms with Crippen molar-refractivity contribution < 1.29 is 14.6 Å². The quantitative estimate of drug-likeness (QED) is 0.507. The Kier molecular flexibility index (Phi) is 5.26. The average Bonchev–Trinajstić information content (AvgIpc) is 2.22. The van der Waals surface area contributed by atoms with Crippen LogP contribution in [0.5, 0.6) is 0 Å². The van der Waals surface area contributed by atoms with E-state index in [1.165, 1.54) is 12.2 Å². The summed E-state index contributed by atoms with van der Waals surface area (Å²) >= 11 is 0. The van der Waals surface area contributed by atoms with Crippen molar-refractivity contribution >= 4 is 5.97 Å². The Morgan fingerprint density at radius 1 is 1.25 bits per heavy atom. The molecule has 1 N–H and O–H groups in total. The highest BCUT2D eigenvalue weighted by Gasteiger charge is 2.09. The predicted octanol–water partition coefficient (Wildman–Crippen LogP) is 2.21. The first-order valence-electron chi connectivity index (χ1n) is 5.83. The number of ether oxygens (including phenoxy) is 1. The normalized spacial score (nSPS) is 36.7. The second-order valence-corrected chi connectivity index (χ2v) is 4.39. The van der Waals surface area contributed by atoms with Gasteiger partial charge >= 0.3 is 5.97 Å². The van der Waals surface area contributed by atoms with E-state index in [4.69, 9.17) is 4.74 Å². The van der Waals surface area contributed by atoms with Gasteiger partial charge in [0.1, 0.15) is 0 Å². The maximum Gasteiger partial charge on any atom is 0.330 e. The molecule has 1 aliphatic heterocycles. The Bertz CT molecular complexity index is 281. The van der Waals surface area contributed by atoms with E-state index in [0.717, 1.165) is 19.3 Å². The molecule has 0 aliphatic carbocycles. The highest BCUT2D eigenvalue weighted by atomic mass is 16.5. The molecule has 3 atom stereocenters. The molecule has 0 spiro atoms. The number of cyclic esters (lactones) is 1. The zero-order valence-electron chi connectivity index (χ0n) is 9.93. The third-order valence-corrected chi connectivity index (χ3v) is 2.65. The van der Waals surface area contributed by atoms with E-state index in [0.29, 0.717) is 5.92 Å². The Morgan fingerprint density at radius 2 is 2.00 bits per heavy atom. The van der Waals surface area contributed by atoms with Crippen molar-refractivity contribution in [3.63, 3.8) is 0 Å². The van der Waals surface area contributed by atoms with Crippen LogP contribution in [0.4, 0.5) is 0 Å². The van der Waals surface area contributed by atoms with Crippen molar-refractivity contribution in [3.05, 3.63) is 24.3 Å². The highest BCUT2D eigenvalue weighted by Crippen LogP contribution is 2.13. The fraction of sp³-hybridized carbons (Fsp3) is 0.615. The van der Waals surface area contributed by atoms with Gasteiger partial charge in [0.15, 0.2) is 0 Å². The third-order valence-electron chi connectivity index (χ3n) is 2.65. The molecule has 3 nitrogen and oxygen atoms in total. The lowest BCUT2D eigenvalue weighted by Gasteiger charge is -2.14. The summed E-state index contributed by atoms with van der Waals surface area (Å²) in [6.07, 6.45) is 8.65. The summed E-state index contributed by atoms with van der Waals surface area (Å²) in [7, 11) is 0. The number of aliphatic hydroxyl groups is 1. The van der Waals surface area contributed by atoms with Gasteiger partial charge in [-0.25, -0.2) is 4.79 Å². The Labute approximate surface area is 96.8 Å². The van der Waals surface area contributed by atoms with E-state index >= 15 is 0 Å². The molecule has 0 radical (unpaired) electrons. The first-order chi connectivity index (χ1) is 7.58. The number of rotatable bonds is 0. The summed E-state index contributed by atoms with van der Waals surface area (Å²) in [4.78, 5) is 11.3. The van der Waals surface area contributed by atoms with Crippen LogP contribution in [0, 0.1) is 5.92 Å². The number of esters is 1.